The van der Waals surface area contributed by atoms with Crippen LogP contribution in [0.4, 0.5) is 0 Å². The maximum absolute atomic E-state index is 11.9. The lowest BCUT2D eigenvalue weighted by Gasteiger charge is -2.08. The van der Waals surface area contributed by atoms with Crippen molar-refractivity contribution in [2.45, 2.75) is 0 Å². The molecule has 2 aromatic carbocycles. The van der Waals surface area contributed by atoms with Crippen LogP contribution in [0.3, 0.4) is 0 Å². The van der Waals surface area contributed by atoms with Crippen molar-refractivity contribution in [1.29, 1.82) is 5.26 Å². The van der Waals surface area contributed by atoms with E-state index in [4.69, 9.17) is 14.7 Å². The fraction of sp³-hybridized carbons (Fsp3) is 0.125. The molecule has 0 atom stereocenters. The van der Waals surface area contributed by atoms with Crippen molar-refractivity contribution in [3.05, 3.63) is 59.7 Å². The minimum atomic E-state index is -0.119. The largest absolute Gasteiger partial charge is 0.497 e. The highest BCUT2D eigenvalue weighted by Crippen LogP contribution is 2.22. The van der Waals surface area contributed by atoms with Crippen molar-refractivity contribution in [2.75, 3.05) is 13.7 Å². The smallest absolute Gasteiger partial charge is 0.200 e. The van der Waals surface area contributed by atoms with E-state index in [-0.39, 0.29) is 12.4 Å². The Hall–Kier alpha value is -2.80. The zero-order valence-electron chi connectivity index (χ0n) is 11.0. The quantitative estimate of drug-likeness (QED) is 0.781. The number of ether oxygens (including phenoxy) is 2. The monoisotopic (exact) mass is 267 g/mol. The van der Waals surface area contributed by atoms with E-state index in [1.54, 1.807) is 42.5 Å². The lowest BCUT2D eigenvalue weighted by molar-refractivity contribution is 0.0921. The van der Waals surface area contributed by atoms with Gasteiger partial charge >= 0.3 is 0 Å². The Bertz CT molecular complexity index is 645. The molecule has 0 heterocycles. The number of ketones is 1. The van der Waals surface area contributed by atoms with Gasteiger partial charge in [0.25, 0.3) is 0 Å². The topological polar surface area (TPSA) is 59.3 Å². The minimum Gasteiger partial charge on any atom is -0.497 e. The molecule has 2 rings (SSSR count). The fourth-order valence-electron chi connectivity index (χ4n) is 1.69. The van der Waals surface area contributed by atoms with Gasteiger partial charge in [-0.3, -0.25) is 4.79 Å². The van der Waals surface area contributed by atoms with Gasteiger partial charge in [0.1, 0.15) is 11.5 Å². The molecule has 0 unspecified atom stereocenters. The summed E-state index contributed by atoms with van der Waals surface area (Å²) in [7, 11) is 1.51. The Balaban J connectivity index is 2.08. The van der Waals surface area contributed by atoms with E-state index in [0.717, 1.165) is 0 Å². The Morgan fingerprint density at radius 3 is 2.50 bits per heavy atom. The highest BCUT2D eigenvalue weighted by Gasteiger charge is 2.07. The van der Waals surface area contributed by atoms with Gasteiger partial charge in [0, 0.05) is 11.6 Å². The van der Waals surface area contributed by atoms with Crippen LogP contribution in [0.5, 0.6) is 11.5 Å². The summed E-state index contributed by atoms with van der Waals surface area (Å²) >= 11 is 0. The Kier molecular flexibility index (Phi) is 4.35. The lowest BCUT2D eigenvalue weighted by atomic mass is 10.1. The molecule has 4 nitrogen and oxygen atoms in total. The van der Waals surface area contributed by atoms with E-state index >= 15 is 0 Å². The third-order valence-corrected chi connectivity index (χ3v) is 2.71. The van der Waals surface area contributed by atoms with Gasteiger partial charge in [-0.2, -0.15) is 5.26 Å². The van der Waals surface area contributed by atoms with Crippen LogP contribution >= 0.6 is 0 Å². The number of hydrogen-bond donors (Lipinski definition) is 0. The first-order valence-electron chi connectivity index (χ1n) is 6.03. The first-order valence-corrected chi connectivity index (χ1v) is 6.03. The molecule has 4 heteroatoms. The van der Waals surface area contributed by atoms with Crippen molar-refractivity contribution >= 4 is 5.78 Å². The average molecular weight is 267 g/mol. The Labute approximate surface area is 117 Å². The van der Waals surface area contributed by atoms with E-state index in [2.05, 4.69) is 0 Å². The average Bonchev–Trinajstić information content (AvgIpc) is 2.53. The summed E-state index contributed by atoms with van der Waals surface area (Å²) in [6.45, 7) is -0.0813. The van der Waals surface area contributed by atoms with Crippen molar-refractivity contribution in [2.24, 2.45) is 0 Å². The molecule has 2 aromatic rings. The minimum absolute atomic E-state index is 0.0813. The van der Waals surface area contributed by atoms with Crippen molar-refractivity contribution < 1.29 is 14.3 Å². The summed E-state index contributed by atoms with van der Waals surface area (Å²) in [6.07, 6.45) is 0. The summed E-state index contributed by atoms with van der Waals surface area (Å²) < 4.78 is 10.5. The first-order chi connectivity index (χ1) is 9.72. The Morgan fingerprint density at radius 2 is 1.85 bits per heavy atom. The second kappa shape index (κ2) is 6.39. The molecular weight excluding hydrogens is 254 g/mol. The number of nitrogens with zero attached hydrogens (tertiary/aromatic N) is 1. The highest BCUT2D eigenvalue weighted by molar-refractivity contribution is 5.97. The molecule has 0 aliphatic heterocycles. The summed E-state index contributed by atoms with van der Waals surface area (Å²) in [5.41, 5.74) is 1.02. The van der Waals surface area contributed by atoms with E-state index in [0.29, 0.717) is 22.6 Å². The van der Waals surface area contributed by atoms with E-state index in [1.165, 1.54) is 7.11 Å². The number of rotatable bonds is 5. The maximum atomic E-state index is 11.9. The molecule has 0 aromatic heterocycles. The SMILES string of the molecule is COc1cc(C#N)cc(OCC(=O)c2ccccc2)c1. The number of methoxy groups -OCH3 is 1. The van der Waals surface area contributed by atoms with Crippen molar-refractivity contribution in [3.63, 3.8) is 0 Å². The second-order valence-corrected chi connectivity index (χ2v) is 4.09. The van der Waals surface area contributed by atoms with Crippen molar-refractivity contribution in [1.82, 2.24) is 0 Å². The number of carbonyl (C=O) groups excluding carboxylic acids is 1. The summed E-state index contributed by atoms with van der Waals surface area (Å²) in [6, 6.07) is 15.7. The normalized spacial score (nSPS) is 9.60. The van der Waals surface area contributed by atoms with E-state index < -0.39 is 0 Å². The van der Waals surface area contributed by atoms with Gasteiger partial charge < -0.3 is 9.47 Å². The number of carbonyl (C=O) groups is 1. The predicted molar refractivity (Wildman–Crippen MR) is 74.0 cm³/mol. The number of hydrogen-bond acceptors (Lipinski definition) is 4. The fourth-order valence-corrected chi connectivity index (χ4v) is 1.69. The van der Waals surface area contributed by atoms with Gasteiger partial charge in [0.15, 0.2) is 12.4 Å². The molecular formula is C16H13NO3. The molecule has 0 aliphatic carbocycles. The molecule has 20 heavy (non-hydrogen) atoms. The van der Waals surface area contributed by atoms with Crippen molar-refractivity contribution in [3.8, 4) is 17.6 Å². The Morgan fingerprint density at radius 1 is 1.15 bits per heavy atom. The van der Waals surface area contributed by atoms with Gasteiger partial charge in [-0.05, 0) is 12.1 Å². The maximum Gasteiger partial charge on any atom is 0.200 e. The molecule has 0 spiro atoms. The van der Waals surface area contributed by atoms with Crippen LogP contribution < -0.4 is 9.47 Å². The summed E-state index contributed by atoms with van der Waals surface area (Å²) in [4.78, 5) is 11.9. The zero-order chi connectivity index (χ0) is 14.4. The standard InChI is InChI=1S/C16H13NO3/c1-19-14-7-12(10-17)8-15(9-14)20-11-16(18)13-5-3-2-4-6-13/h2-9H,11H2,1H3. The molecule has 0 saturated carbocycles. The molecule has 0 radical (unpaired) electrons. The third kappa shape index (κ3) is 3.36. The lowest BCUT2D eigenvalue weighted by Crippen LogP contribution is -2.11. The van der Waals surface area contributed by atoms with Crippen LogP contribution in [0, 0.1) is 11.3 Å². The second-order valence-electron chi connectivity index (χ2n) is 4.09. The van der Waals surface area contributed by atoms with Gasteiger partial charge in [-0.1, -0.05) is 30.3 Å². The molecule has 0 aliphatic rings. The van der Waals surface area contributed by atoms with E-state index in [9.17, 15) is 4.79 Å². The molecule has 0 fully saturated rings. The van der Waals surface area contributed by atoms with Crippen LogP contribution in [0.2, 0.25) is 0 Å². The molecule has 0 saturated heterocycles. The van der Waals surface area contributed by atoms with Crippen LogP contribution in [-0.4, -0.2) is 19.5 Å². The molecule has 0 amide bonds. The van der Waals surface area contributed by atoms with Crippen LogP contribution in [0.15, 0.2) is 48.5 Å². The molecule has 0 N–H and O–H groups in total. The molecule has 100 valence electrons. The van der Waals surface area contributed by atoms with Gasteiger partial charge in [-0.15, -0.1) is 0 Å². The number of nitriles is 1. The first kappa shape index (κ1) is 13.6. The molecule has 0 bridgehead atoms. The summed E-state index contributed by atoms with van der Waals surface area (Å²) in [5.74, 6) is 0.836. The number of Topliss-reactive ketones (excluding diaryl/α,β-unsaturated/α-hetero) is 1. The van der Waals surface area contributed by atoms with Gasteiger partial charge in [-0.25, -0.2) is 0 Å². The van der Waals surface area contributed by atoms with Crippen LogP contribution in [0.25, 0.3) is 0 Å². The van der Waals surface area contributed by atoms with E-state index in [1.807, 2.05) is 12.1 Å². The van der Waals surface area contributed by atoms with Crippen LogP contribution in [0.1, 0.15) is 15.9 Å². The van der Waals surface area contributed by atoms with Crippen LogP contribution in [-0.2, 0) is 0 Å². The van der Waals surface area contributed by atoms with Gasteiger partial charge in [0.05, 0.1) is 18.7 Å². The zero-order valence-corrected chi connectivity index (χ0v) is 11.0. The summed E-state index contributed by atoms with van der Waals surface area (Å²) in [5, 5.41) is 8.91. The highest BCUT2D eigenvalue weighted by atomic mass is 16.5. The predicted octanol–water partition coefficient (Wildman–Crippen LogP) is 2.83. The number of benzene rings is 2. The third-order valence-electron chi connectivity index (χ3n) is 2.71. The van der Waals surface area contributed by atoms with Gasteiger partial charge in [0.2, 0.25) is 0 Å².